The van der Waals surface area contributed by atoms with Crippen LogP contribution in [0, 0.1) is 13.8 Å². The minimum Gasteiger partial charge on any atom is -0.497 e. The molecule has 0 bridgehead atoms. The average molecular weight is 522 g/mol. The van der Waals surface area contributed by atoms with Crippen molar-refractivity contribution in [2.45, 2.75) is 52.6 Å². The molecule has 0 fully saturated rings. The standard InChI is InChI=1S/C29H35N3O4S/c1-7-29(4,5)31-28(35)26(21-10-8-11-22(17-21)36-6)32(23-16-19(2)13-14-20(23)3)25(33)18-30-27(34)24-12-9-15-37-24/h8-17,26H,7,18H2,1-6H3,(H,30,34)(H,31,35)/t26-/m1/s1. The van der Waals surface area contributed by atoms with Gasteiger partial charge in [-0.25, -0.2) is 0 Å². The van der Waals surface area contributed by atoms with Crippen molar-refractivity contribution >= 4 is 34.7 Å². The zero-order chi connectivity index (χ0) is 27.2. The summed E-state index contributed by atoms with van der Waals surface area (Å²) in [6.45, 7) is 9.45. The molecule has 8 heteroatoms. The van der Waals surface area contributed by atoms with Crippen LogP contribution in [0.2, 0.25) is 0 Å². The van der Waals surface area contributed by atoms with Crippen LogP contribution in [-0.2, 0) is 9.59 Å². The molecule has 3 amide bonds. The fraction of sp³-hybridized carbons (Fsp3) is 0.345. The lowest BCUT2D eigenvalue weighted by Crippen LogP contribution is -2.52. The minimum atomic E-state index is -0.993. The zero-order valence-corrected chi connectivity index (χ0v) is 23.1. The first-order chi connectivity index (χ1) is 17.6. The number of carbonyl (C=O) groups is 3. The number of nitrogens with one attached hydrogen (secondary N) is 2. The van der Waals surface area contributed by atoms with Crippen LogP contribution in [0.3, 0.4) is 0 Å². The van der Waals surface area contributed by atoms with E-state index in [2.05, 4.69) is 10.6 Å². The third-order valence-electron chi connectivity index (χ3n) is 6.30. The molecular formula is C29H35N3O4S. The van der Waals surface area contributed by atoms with E-state index in [1.807, 2.05) is 52.8 Å². The molecular weight excluding hydrogens is 486 g/mol. The lowest BCUT2D eigenvalue weighted by Gasteiger charge is -2.35. The number of rotatable bonds is 10. The second kappa shape index (κ2) is 12.1. The van der Waals surface area contributed by atoms with Gasteiger partial charge in [0.2, 0.25) is 11.8 Å². The van der Waals surface area contributed by atoms with Crippen LogP contribution in [0.1, 0.15) is 59.6 Å². The highest BCUT2D eigenvalue weighted by atomic mass is 32.1. The molecule has 1 heterocycles. The third kappa shape index (κ3) is 6.98. The molecule has 3 rings (SSSR count). The monoisotopic (exact) mass is 521 g/mol. The number of ether oxygens (including phenoxy) is 1. The predicted molar refractivity (Wildman–Crippen MR) is 148 cm³/mol. The summed E-state index contributed by atoms with van der Waals surface area (Å²) in [4.78, 5) is 42.4. The maximum atomic E-state index is 13.9. The number of hydrogen-bond acceptors (Lipinski definition) is 5. The number of benzene rings is 2. The number of nitrogens with zero attached hydrogens (tertiary/aromatic N) is 1. The van der Waals surface area contributed by atoms with Gasteiger partial charge >= 0.3 is 0 Å². The molecule has 0 radical (unpaired) electrons. The van der Waals surface area contributed by atoms with Crippen LogP contribution in [0.25, 0.3) is 0 Å². The average Bonchev–Trinajstić information content (AvgIpc) is 3.42. The maximum Gasteiger partial charge on any atom is 0.261 e. The molecule has 2 aromatic carbocycles. The van der Waals surface area contributed by atoms with Gasteiger partial charge in [0.15, 0.2) is 0 Å². The van der Waals surface area contributed by atoms with Crippen LogP contribution in [0.5, 0.6) is 5.75 Å². The van der Waals surface area contributed by atoms with Crippen molar-refractivity contribution in [1.82, 2.24) is 10.6 Å². The lowest BCUT2D eigenvalue weighted by molar-refractivity contribution is -0.127. The Kier molecular flexibility index (Phi) is 9.10. The third-order valence-corrected chi connectivity index (χ3v) is 7.17. The van der Waals surface area contributed by atoms with Gasteiger partial charge in [-0.1, -0.05) is 37.3 Å². The van der Waals surface area contributed by atoms with Crippen LogP contribution in [0.15, 0.2) is 60.0 Å². The molecule has 0 unspecified atom stereocenters. The van der Waals surface area contributed by atoms with Gasteiger partial charge in [-0.3, -0.25) is 19.3 Å². The molecule has 1 atom stereocenters. The second-order valence-electron chi connectivity index (χ2n) is 9.62. The van der Waals surface area contributed by atoms with E-state index in [4.69, 9.17) is 4.74 Å². The summed E-state index contributed by atoms with van der Waals surface area (Å²) >= 11 is 1.30. The van der Waals surface area contributed by atoms with E-state index >= 15 is 0 Å². The Balaban J connectivity index is 2.11. The summed E-state index contributed by atoms with van der Waals surface area (Å²) in [7, 11) is 1.56. The van der Waals surface area contributed by atoms with Crippen molar-refractivity contribution in [3.8, 4) is 5.75 Å². The van der Waals surface area contributed by atoms with Gasteiger partial charge in [-0.15, -0.1) is 11.3 Å². The zero-order valence-electron chi connectivity index (χ0n) is 22.3. The van der Waals surface area contributed by atoms with Gasteiger partial charge in [0.25, 0.3) is 5.91 Å². The molecule has 1 aromatic heterocycles. The molecule has 0 saturated heterocycles. The molecule has 2 N–H and O–H groups in total. The Morgan fingerprint density at radius 2 is 1.81 bits per heavy atom. The quantitative estimate of drug-likeness (QED) is 0.385. The predicted octanol–water partition coefficient (Wildman–Crippen LogP) is 5.18. The topological polar surface area (TPSA) is 87.7 Å². The van der Waals surface area contributed by atoms with Crippen LogP contribution in [0.4, 0.5) is 5.69 Å². The largest absolute Gasteiger partial charge is 0.497 e. The van der Waals surface area contributed by atoms with Crippen LogP contribution in [-0.4, -0.2) is 36.9 Å². The number of anilines is 1. The Hall–Kier alpha value is -3.65. The van der Waals surface area contributed by atoms with Crippen molar-refractivity contribution < 1.29 is 19.1 Å². The SMILES string of the molecule is CCC(C)(C)NC(=O)[C@@H](c1cccc(OC)c1)N(C(=O)CNC(=O)c1cccs1)c1cc(C)ccc1C. The minimum absolute atomic E-state index is 0.269. The normalized spacial score (nSPS) is 11.9. The summed E-state index contributed by atoms with van der Waals surface area (Å²) in [5.41, 5.74) is 2.49. The number of amides is 3. The highest BCUT2D eigenvalue weighted by molar-refractivity contribution is 7.12. The van der Waals surface area contributed by atoms with Gasteiger partial charge in [-0.2, -0.15) is 0 Å². The summed E-state index contributed by atoms with van der Waals surface area (Å²) < 4.78 is 5.42. The van der Waals surface area contributed by atoms with Gasteiger partial charge in [0, 0.05) is 11.2 Å². The molecule has 0 spiro atoms. The molecule has 0 aliphatic carbocycles. The highest BCUT2D eigenvalue weighted by Crippen LogP contribution is 2.33. The maximum absolute atomic E-state index is 13.9. The van der Waals surface area contributed by atoms with E-state index in [1.54, 1.807) is 48.9 Å². The molecule has 0 aliphatic rings. The fourth-order valence-corrected chi connectivity index (χ4v) is 4.49. The lowest BCUT2D eigenvalue weighted by atomic mass is 9.97. The Morgan fingerprint density at radius 3 is 2.46 bits per heavy atom. The van der Waals surface area contributed by atoms with E-state index in [0.29, 0.717) is 28.3 Å². The number of hydrogen-bond donors (Lipinski definition) is 2. The van der Waals surface area contributed by atoms with Crippen LogP contribution < -0.4 is 20.3 Å². The molecule has 3 aromatic rings. The first kappa shape index (κ1) is 27.9. The van der Waals surface area contributed by atoms with E-state index in [9.17, 15) is 14.4 Å². The van der Waals surface area contributed by atoms with Gasteiger partial charge in [0.05, 0.1) is 18.5 Å². The van der Waals surface area contributed by atoms with Gasteiger partial charge < -0.3 is 15.4 Å². The molecule has 7 nitrogen and oxygen atoms in total. The molecule has 0 saturated carbocycles. The van der Waals surface area contributed by atoms with Crippen molar-refractivity contribution in [3.05, 3.63) is 81.5 Å². The molecule has 196 valence electrons. The Bertz CT molecular complexity index is 1250. The second-order valence-corrected chi connectivity index (χ2v) is 10.6. The van der Waals surface area contributed by atoms with E-state index in [-0.39, 0.29) is 18.4 Å². The molecule has 0 aliphatic heterocycles. The Morgan fingerprint density at radius 1 is 1.05 bits per heavy atom. The first-order valence-electron chi connectivity index (χ1n) is 12.2. The number of carbonyl (C=O) groups excluding carboxylic acids is 3. The van der Waals surface area contributed by atoms with Gasteiger partial charge in [0.1, 0.15) is 11.8 Å². The summed E-state index contributed by atoms with van der Waals surface area (Å²) in [5.74, 6) is -0.488. The number of methoxy groups -OCH3 is 1. The van der Waals surface area contributed by atoms with Crippen molar-refractivity contribution in [3.63, 3.8) is 0 Å². The van der Waals surface area contributed by atoms with Crippen molar-refractivity contribution in [2.24, 2.45) is 0 Å². The summed E-state index contributed by atoms with van der Waals surface area (Å²) in [6, 6.07) is 15.4. The smallest absolute Gasteiger partial charge is 0.261 e. The van der Waals surface area contributed by atoms with E-state index < -0.39 is 17.5 Å². The summed E-state index contributed by atoms with van der Waals surface area (Å²) in [5, 5.41) is 7.63. The van der Waals surface area contributed by atoms with Crippen LogP contribution >= 0.6 is 11.3 Å². The van der Waals surface area contributed by atoms with Crippen molar-refractivity contribution in [1.29, 1.82) is 0 Å². The van der Waals surface area contributed by atoms with E-state index in [1.165, 1.54) is 16.2 Å². The highest BCUT2D eigenvalue weighted by Gasteiger charge is 2.36. The van der Waals surface area contributed by atoms with Gasteiger partial charge in [-0.05, 0) is 80.5 Å². The van der Waals surface area contributed by atoms with Crippen molar-refractivity contribution in [2.75, 3.05) is 18.6 Å². The number of thiophene rings is 1. The number of aryl methyl sites for hydroxylation is 2. The summed E-state index contributed by atoms with van der Waals surface area (Å²) in [6.07, 6.45) is 0.706. The fourth-order valence-electron chi connectivity index (χ4n) is 3.85. The van der Waals surface area contributed by atoms with E-state index in [0.717, 1.165) is 11.1 Å². The molecule has 37 heavy (non-hydrogen) atoms. The first-order valence-corrected chi connectivity index (χ1v) is 13.1. The Labute approximate surface area is 222 Å².